The largest absolute Gasteiger partial charge is 0.0921 e. The molecule has 2 unspecified atom stereocenters. The summed E-state index contributed by atoms with van der Waals surface area (Å²) in [6, 6.07) is 55.5. The highest BCUT2D eigenvalue weighted by atomic mass is 32.5. The highest BCUT2D eigenvalue weighted by Crippen LogP contribution is 2.65. The van der Waals surface area contributed by atoms with Gasteiger partial charge >= 0.3 is 0 Å². The van der Waals surface area contributed by atoms with Crippen LogP contribution in [0.2, 0.25) is 0 Å². The lowest BCUT2D eigenvalue weighted by Gasteiger charge is -2.35. The molecule has 0 nitrogen and oxygen atoms in total. The molecule has 2 atom stereocenters. The second-order valence-corrected chi connectivity index (χ2v) is 32.7. The molecule has 0 aliphatic heterocycles. The molecule has 0 aliphatic carbocycles. The summed E-state index contributed by atoms with van der Waals surface area (Å²) in [5, 5.41) is 7.40. The van der Waals surface area contributed by atoms with E-state index in [2.05, 4.69) is 182 Å². The van der Waals surface area contributed by atoms with Crippen LogP contribution in [0.25, 0.3) is 0 Å². The summed E-state index contributed by atoms with van der Waals surface area (Å²) in [6.07, 6.45) is 1.71. The molecule has 6 rings (SSSR count). The van der Waals surface area contributed by atoms with Crippen molar-refractivity contribution in [1.29, 1.82) is 0 Å². The fourth-order valence-corrected chi connectivity index (χ4v) is 35.8. The first kappa shape index (κ1) is 35.7. The highest BCUT2D eigenvalue weighted by Gasteiger charge is 2.36. The van der Waals surface area contributed by atoms with Gasteiger partial charge in [0.15, 0.2) is 0 Å². The summed E-state index contributed by atoms with van der Waals surface area (Å²) in [6.45, 7) is 0. The first-order chi connectivity index (χ1) is 23.3. The maximum Gasteiger partial charge on any atom is 0.0175 e. The van der Waals surface area contributed by atoms with Gasteiger partial charge in [0, 0.05) is 23.9 Å². The average molecular weight is 771 g/mol. The van der Waals surface area contributed by atoms with E-state index in [-0.39, 0.29) is 0 Å². The summed E-state index contributed by atoms with van der Waals surface area (Å²) in [5.74, 6) is 1.61. The Morgan fingerprint density at radius 1 is 0.271 bits per heavy atom. The van der Waals surface area contributed by atoms with Crippen molar-refractivity contribution in [2.45, 2.75) is 0 Å². The molecule has 0 aromatic heterocycles. The van der Waals surface area contributed by atoms with E-state index in [0.29, 0.717) is 0 Å². The van der Waals surface area contributed by atoms with Crippen LogP contribution in [-0.4, -0.2) is 24.1 Å². The lowest BCUT2D eigenvalue weighted by Crippen LogP contribution is -2.25. The van der Waals surface area contributed by atoms with Gasteiger partial charge in [-0.25, -0.2) is 0 Å². The molecule has 6 aromatic rings. The van der Waals surface area contributed by atoms with Crippen molar-refractivity contribution in [3.8, 4) is 0 Å². The summed E-state index contributed by atoms with van der Waals surface area (Å²) in [7, 11) is 0. The standard InChI is InChI=1S/C40H38P4S4/c45-41(35-19-7-1-8-20-35,33-43(47,37-23-11-3-12-24-37)38-25-13-4-14-26-38)31-32-42(46,36-21-9-2-10-22-36)34-44(48,39-27-15-5-16-28-39)40-29-17-6-18-30-40/h1-30H,31-34H2. The lowest BCUT2D eigenvalue weighted by atomic mass is 10.4. The Labute approximate surface area is 307 Å². The molecular formula is C40H38P4S4. The van der Waals surface area contributed by atoms with E-state index in [0.717, 1.165) is 24.1 Å². The smallest absolute Gasteiger partial charge is 0.0175 e. The van der Waals surface area contributed by atoms with E-state index in [9.17, 15) is 0 Å². The molecule has 6 aromatic carbocycles. The topological polar surface area (TPSA) is 0 Å². The van der Waals surface area contributed by atoms with Crippen molar-refractivity contribution in [3.05, 3.63) is 182 Å². The lowest BCUT2D eigenvalue weighted by molar-refractivity contribution is 1.48. The van der Waals surface area contributed by atoms with E-state index >= 15 is 0 Å². The second-order valence-electron chi connectivity index (χ2n) is 12.0. The van der Waals surface area contributed by atoms with Crippen LogP contribution in [0.4, 0.5) is 0 Å². The molecule has 0 heterocycles. The van der Waals surface area contributed by atoms with E-state index in [1.165, 1.54) is 31.8 Å². The SMILES string of the molecule is S=P(CCP(=S)(CP(=S)(c1ccccc1)c1ccccc1)c1ccccc1)(CP(=S)(c1ccccc1)c1ccccc1)c1ccccc1. The summed E-state index contributed by atoms with van der Waals surface area (Å²) < 4.78 is 0. The van der Waals surface area contributed by atoms with Gasteiger partial charge in [-0.05, 0) is 56.2 Å². The number of hydrogen-bond donors (Lipinski definition) is 0. The van der Waals surface area contributed by atoms with Gasteiger partial charge in [0.2, 0.25) is 0 Å². The fourth-order valence-electron chi connectivity index (χ4n) is 6.23. The summed E-state index contributed by atoms with van der Waals surface area (Å²) >= 11 is 27.7. The third-order valence-electron chi connectivity index (χ3n) is 8.82. The number of benzene rings is 6. The quantitative estimate of drug-likeness (QED) is 0.108. The Morgan fingerprint density at radius 3 is 0.667 bits per heavy atom. The summed E-state index contributed by atoms with van der Waals surface area (Å²) in [5.41, 5.74) is 0. The highest BCUT2D eigenvalue weighted by molar-refractivity contribution is 8.31. The second kappa shape index (κ2) is 15.9. The number of hydrogen-bond acceptors (Lipinski definition) is 4. The third kappa shape index (κ3) is 7.94. The molecule has 0 radical (unpaired) electrons. The van der Waals surface area contributed by atoms with Crippen LogP contribution in [0.15, 0.2) is 182 Å². The van der Waals surface area contributed by atoms with Crippen molar-refractivity contribution < 1.29 is 0 Å². The van der Waals surface area contributed by atoms with Crippen LogP contribution in [0.3, 0.4) is 0 Å². The minimum atomic E-state index is -2.26. The molecule has 0 fully saturated rings. The van der Waals surface area contributed by atoms with Gasteiger partial charge in [0.25, 0.3) is 0 Å². The Hall–Kier alpha value is -2.08. The average Bonchev–Trinajstić information content (AvgIpc) is 3.16. The van der Waals surface area contributed by atoms with Gasteiger partial charge in [0.05, 0.1) is 0 Å². The van der Waals surface area contributed by atoms with Crippen LogP contribution in [0.5, 0.6) is 0 Å². The van der Waals surface area contributed by atoms with Gasteiger partial charge in [0.1, 0.15) is 0 Å². The monoisotopic (exact) mass is 770 g/mol. The maximum atomic E-state index is 6.99. The van der Waals surface area contributed by atoms with Crippen molar-refractivity contribution >= 4 is 103 Å². The first-order valence-electron chi connectivity index (χ1n) is 15.9. The molecule has 0 N–H and O–H groups in total. The van der Waals surface area contributed by atoms with Crippen molar-refractivity contribution in [3.63, 3.8) is 0 Å². The molecule has 0 aliphatic rings. The van der Waals surface area contributed by atoms with Crippen LogP contribution < -0.4 is 31.8 Å². The molecule has 0 saturated heterocycles. The summed E-state index contributed by atoms with van der Waals surface area (Å²) in [4.78, 5) is 0. The van der Waals surface area contributed by atoms with E-state index < -0.39 is 24.2 Å². The van der Waals surface area contributed by atoms with Gasteiger partial charge in [-0.3, -0.25) is 0 Å². The van der Waals surface area contributed by atoms with Gasteiger partial charge in [-0.15, -0.1) is 0 Å². The van der Waals surface area contributed by atoms with E-state index in [4.69, 9.17) is 47.2 Å². The maximum absolute atomic E-state index is 6.99. The van der Waals surface area contributed by atoms with Crippen LogP contribution >= 0.6 is 24.2 Å². The molecule has 0 amide bonds. The minimum absolute atomic E-state index is 0.804. The van der Waals surface area contributed by atoms with Crippen LogP contribution in [0, 0.1) is 0 Å². The first-order valence-corrected chi connectivity index (χ1v) is 28.3. The van der Waals surface area contributed by atoms with Crippen molar-refractivity contribution in [2.75, 3.05) is 24.1 Å². The van der Waals surface area contributed by atoms with Crippen molar-refractivity contribution in [2.24, 2.45) is 0 Å². The molecule has 0 saturated carbocycles. The molecule has 242 valence electrons. The van der Waals surface area contributed by atoms with E-state index in [1.54, 1.807) is 0 Å². The number of rotatable bonds is 13. The Balaban J connectivity index is 1.46. The van der Waals surface area contributed by atoms with Crippen LogP contribution in [-0.2, 0) is 47.2 Å². The molecule has 8 heteroatoms. The third-order valence-corrected chi connectivity index (χ3v) is 34.0. The van der Waals surface area contributed by atoms with Gasteiger partial charge < -0.3 is 0 Å². The molecule has 0 spiro atoms. The molecular weight excluding hydrogens is 733 g/mol. The van der Waals surface area contributed by atoms with Crippen LogP contribution in [0.1, 0.15) is 0 Å². The zero-order chi connectivity index (χ0) is 33.5. The Morgan fingerprint density at radius 2 is 0.458 bits per heavy atom. The molecule has 0 bridgehead atoms. The predicted octanol–water partition coefficient (Wildman–Crippen LogP) is 8.77. The Bertz CT molecular complexity index is 1880. The Kier molecular flexibility index (Phi) is 11.8. The van der Waals surface area contributed by atoms with Crippen molar-refractivity contribution in [1.82, 2.24) is 0 Å². The minimum Gasteiger partial charge on any atom is -0.0921 e. The fraction of sp³-hybridized carbons (Fsp3) is 0.100. The molecule has 48 heavy (non-hydrogen) atoms. The van der Waals surface area contributed by atoms with Gasteiger partial charge in [-0.1, -0.05) is 229 Å². The normalized spacial score (nSPS) is 14.4. The zero-order valence-corrected chi connectivity index (χ0v) is 33.4. The zero-order valence-electron chi connectivity index (χ0n) is 26.6. The predicted molar refractivity (Wildman–Crippen MR) is 233 cm³/mol. The van der Waals surface area contributed by atoms with Gasteiger partial charge in [-0.2, -0.15) is 0 Å². The van der Waals surface area contributed by atoms with E-state index in [1.807, 2.05) is 0 Å².